The first-order chi connectivity index (χ1) is 8.19. The molecular formula is C12H16BrNO3. The molecule has 0 amide bonds. The van der Waals surface area contributed by atoms with Crippen molar-refractivity contribution in [3.8, 4) is 12.3 Å². The first-order valence-electron chi connectivity index (χ1n) is 5.67. The van der Waals surface area contributed by atoms with E-state index in [0.29, 0.717) is 19.3 Å². The van der Waals surface area contributed by atoms with Crippen LogP contribution in [-0.2, 0) is 14.4 Å². The molecule has 1 heterocycles. The van der Waals surface area contributed by atoms with E-state index in [1.54, 1.807) is 0 Å². The van der Waals surface area contributed by atoms with Crippen molar-refractivity contribution in [2.45, 2.75) is 38.7 Å². The summed E-state index contributed by atoms with van der Waals surface area (Å²) >= 11 is 3.33. The number of unbranched alkanes of at least 4 members (excludes halogenated alkanes) is 1. The Morgan fingerprint density at radius 3 is 3.12 bits per heavy atom. The Labute approximate surface area is 110 Å². The van der Waals surface area contributed by atoms with Gasteiger partial charge in [0.05, 0.1) is 5.92 Å². The van der Waals surface area contributed by atoms with E-state index in [0.717, 1.165) is 11.0 Å². The molecule has 0 saturated carbocycles. The van der Waals surface area contributed by atoms with Gasteiger partial charge in [0.15, 0.2) is 6.10 Å². The first-order valence-corrected chi connectivity index (χ1v) is 6.46. The van der Waals surface area contributed by atoms with Crippen LogP contribution in [0.1, 0.15) is 32.6 Å². The summed E-state index contributed by atoms with van der Waals surface area (Å²) in [6.07, 6.45) is 7.43. The molecule has 1 aliphatic heterocycles. The highest BCUT2D eigenvalue weighted by atomic mass is 79.9. The second-order valence-electron chi connectivity index (χ2n) is 3.81. The number of hydrogen-bond donors (Lipinski definition) is 0. The quantitative estimate of drug-likeness (QED) is 0.430. The zero-order valence-electron chi connectivity index (χ0n) is 9.82. The minimum Gasteiger partial charge on any atom is -0.462 e. The summed E-state index contributed by atoms with van der Waals surface area (Å²) < 4.78 is 5.91. The highest BCUT2D eigenvalue weighted by molar-refractivity contribution is 9.18. The summed E-state index contributed by atoms with van der Waals surface area (Å²) in [4.78, 5) is 16.5. The number of ether oxygens (including phenoxy) is 1. The second kappa shape index (κ2) is 7.33. The fraction of sp³-hybridized carbons (Fsp3) is 0.667. The summed E-state index contributed by atoms with van der Waals surface area (Å²) in [7, 11) is 0. The number of rotatable bonds is 6. The van der Waals surface area contributed by atoms with Crippen LogP contribution in [0.4, 0.5) is 0 Å². The molecule has 1 rings (SSSR count). The third-order valence-electron chi connectivity index (χ3n) is 2.58. The molecule has 0 radical (unpaired) electrons. The van der Waals surface area contributed by atoms with Gasteiger partial charge in [-0.3, -0.25) is 4.79 Å². The van der Waals surface area contributed by atoms with E-state index in [2.05, 4.69) is 27.0 Å². The molecule has 0 fully saturated rings. The largest absolute Gasteiger partial charge is 0.462 e. The van der Waals surface area contributed by atoms with Crippen LogP contribution < -0.4 is 0 Å². The average Bonchev–Trinajstić information content (AvgIpc) is 2.67. The van der Waals surface area contributed by atoms with Crippen LogP contribution in [0.3, 0.4) is 0 Å². The lowest BCUT2D eigenvalue weighted by Crippen LogP contribution is -2.27. The molecule has 0 aromatic heterocycles. The number of halogens is 1. The number of carbonyl (C=O) groups excluding carboxylic acids is 1. The van der Waals surface area contributed by atoms with E-state index in [1.165, 1.54) is 0 Å². The number of terminal acetylenes is 1. The number of oxime groups is 1. The Balaban J connectivity index is 2.23. The molecule has 0 saturated heterocycles. The predicted molar refractivity (Wildman–Crippen MR) is 68.7 cm³/mol. The lowest BCUT2D eigenvalue weighted by Gasteiger charge is -2.15. The third-order valence-corrected chi connectivity index (χ3v) is 3.31. The van der Waals surface area contributed by atoms with Crippen LogP contribution >= 0.6 is 15.9 Å². The molecule has 5 heteroatoms. The van der Waals surface area contributed by atoms with Crippen molar-refractivity contribution in [1.29, 1.82) is 0 Å². The Morgan fingerprint density at radius 1 is 1.71 bits per heavy atom. The van der Waals surface area contributed by atoms with E-state index in [4.69, 9.17) is 16.0 Å². The molecule has 1 aliphatic rings. The van der Waals surface area contributed by atoms with Crippen molar-refractivity contribution in [3.05, 3.63) is 0 Å². The van der Waals surface area contributed by atoms with Crippen LogP contribution in [0, 0.1) is 18.3 Å². The molecule has 0 unspecified atom stereocenters. The SMILES string of the molecule is C#CCCCC(=O)OC[C@H]1ON=C(Br)[C@H]1CC. The molecule has 0 aromatic rings. The van der Waals surface area contributed by atoms with Crippen molar-refractivity contribution >= 4 is 26.5 Å². The van der Waals surface area contributed by atoms with E-state index in [-0.39, 0.29) is 24.6 Å². The Morgan fingerprint density at radius 2 is 2.47 bits per heavy atom. The molecule has 0 aliphatic carbocycles. The number of carbonyl (C=O) groups is 1. The number of esters is 1. The van der Waals surface area contributed by atoms with E-state index in [1.807, 2.05) is 6.92 Å². The molecular weight excluding hydrogens is 286 g/mol. The zero-order valence-corrected chi connectivity index (χ0v) is 11.4. The fourth-order valence-corrected chi connectivity index (χ4v) is 2.27. The summed E-state index contributed by atoms with van der Waals surface area (Å²) in [6, 6.07) is 0. The molecule has 0 aromatic carbocycles. The van der Waals surface area contributed by atoms with Crippen LogP contribution in [0.15, 0.2) is 5.16 Å². The first kappa shape index (κ1) is 14.0. The molecule has 2 atom stereocenters. The molecule has 17 heavy (non-hydrogen) atoms. The highest BCUT2D eigenvalue weighted by Crippen LogP contribution is 2.25. The molecule has 94 valence electrons. The fourth-order valence-electron chi connectivity index (χ4n) is 1.57. The number of nitrogens with zero attached hydrogens (tertiary/aromatic N) is 1. The Bertz CT molecular complexity index is 335. The normalized spacial score (nSPS) is 22.5. The maximum Gasteiger partial charge on any atom is 0.305 e. The monoisotopic (exact) mass is 301 g/mol. The van der Waals surface area contributed by atoms with Crippen molar-refractivity contribution in [1.82, 2.24) is 0 Å². The molecule has 0 N–H and O–H groups in total. The second-order valence-corrected chi connectivity index (χ2v) is 4.63. The van der Waals surface area contributed by atoms with Gasteiger partial charge in [-0.1, -0.05) is 12.1 Å². The van der Waals surface area contributed by atoms with Gasteiger partial charge in [0, 0.05) is 12.8 Å². The van der Waals surface area contributed by atoms with E-state index < -0.39 is 0 Å². The van der Waals surface area contributed by atoms with Gasteiger partial charge in [0.2, 0.25) is 0 Å². The van der Waals surface area contributed by atoms with Gasteiger partial charge in [-0.15, -0.1) is 12.3 Å². The van der Waals surface area contributed by atoms with Gasteiger partial charge in [-0.05, 0) is 28.8 Å². The predicted octanol–water partition coefficient (Wildman–Crippen LogP) is 2.47. The van der Waals surface area contributed by atoms with Crippen molar-refractivity contribution in [2.75, 3.05) is 6.61 Å². The lowest BCUT2D eigenvalue weighted by atomic mass is 10.0. The van der Waals surface area contributed by atoms with Crippen molar-refractivity contribution in [3.63, 3.8) is 0 Å². The molecule has 4 nitrogen and oxygen atoms in total. The molecule has 0 bridgehead atoms. The minimum absolute atomic E-state index is 0.175. The summed E-state index contributed by atoms with van der Waals surface area (Å²) in [6.45, 7) is 2.28. The summed E-state index contributed by atoms with van der Waals surface area (Å²) in [5, 5.41) is 3.84. The van der Waals surface area contributed by atoms with Gasteiger partial charge < -0.3 is 9.57 Å². The Hall–Kier alpha value is -1.02. The highest BCUT2D eigenvalue weighted by Gasteiger charge is 2.32. The van der Waals surface area contributed by atoms with Crippen LogP contribution in [0.5, 0.6) is 0 Å². The van der Waals surface area contributed by atoms with Gasteiger partial charge in [-0.25, -0.2) is 0 Å². The van der Waals surface area contributed by atoms with Gasteiger partial charge in [0.25, 0.3) is 0 Å². The van der Waals surface area contributed by atoms with Crippen LogP contribution in [-0.4, -0.2) is 23.3 Å². The summed E-state index contributed by atoms with van der Waals surface area (Å²) in [5.41, 5.74) is 0. The van der Waals surface area contributed by atoms with Gasteiger partial charge in [0.1, 0.15) is 11.2 Å². The van der Waals surface area contributed by atoms with Gasteiger partial charge in [-0.2, -0.15) is 0 Å². The maximum absolute atomic E-state index is 11.4. The smallest absolute Gasteiger partial charge is 0.305 e. The molecule has 0 spiro atoms. The van der Waals surface area contributed by atoms with Gasteiger partial charge >= 0.3 is 5.97 Å². The van der Waals surface area contributed by atoms with Crippen LogP contribution in [0.2, 0.25) is 0 Å². The van der Waals surface area contributed by atoms with E-state index >= 15 is 0 Å². The summed E-state index contributed by atoms with van der Waals surface area (Å²) in [5.74, 6) is 2.43. The van der Waals surface area contributed by atoms with Crippen molar-refractivity contribution in [2.24, 2.45) is 11.1 Å². The maximum atomic E-state index is 11.4. The number of hydrogen-bond acceptors (Lipinski definition) is 4. The minimum atomic E-state index is -0.235. The Kier molecular flexibility index (Phi) is 6.06. The van der Waals surface area contributed by atoms with E-state index in [9.17, 15) is 4.79 Å². The standard InChI is InChI=1S/C12H16BrNO3/c1-3-5-6-7-11(15)16-8-10-9(4-2)12(13)14-17-10/h1,9-10H,4-8H2,2H3/t9-,10+/m0/s1. The topological polar surface area (TPSA) is 47.9 Å². The van der Waals surface area contributed by atoms with Crippen LogP contribution in [0.25, 0.3) is 0 Å². The average molecular weight is 302 g/mol. The lowest BCUT2D eigenvalue weighted by molar-refractivity contribution is -0.148. The van der Waals surface area contributed by atoms with Crippen molar-refractivity contribution < 1.29 is 14.4 Å². The zero-order chi connectivity index (χ0) is 12.7. The third kappa shape index (κ3) is 4.39.